The number of hydrogen-bond acceptors (Lipinski definition) is 2. The molecule has 0 bridgehead atoms. The lowest BCUT2D eigenvalue weighted by atomic mass is 10.2. The molecule has 0 aromatic heterocycles. The highest BCUT2D eigenvalue weighted by atomic mass is 35.5. The zero-order valence-electron chi connectivity index (χ0n) is 8.89. The van der Waals surface area contributed by atoms with Crippen molar-refractivity contribution in [1.29, 1.82) is 0 Å². The Morgan fingerprint density at radius 2 is 1.94 bits per heavy atom. The Kier molecular flexibility index (Phi) is 4.56. The van der Waals surface area contributed by atoms with Crippen molar-refractivity contribution in [3.63, 3.8) is 0 Å². The van der Waals surface area contributed by atoms with Gasteiger partial charge in [0, 0.05) is 17.9 Å². The van der Waals surface area contributed by atoms with E-state index in [1.807, 2.05) is 0 Å². The zero-order chi connectivity index (χ0) is 12.8. The van der Waals surface area contributed by atoms with E-state index in [0.717, 1.165) is 0 Å². The number of amides is 2. The predicted octanol–water partition coefficient (Wildman–Crippen LogP) is 2.76. The molecule has 4 nitrogen and oxygen atoms in total. The summed E-state index contributed by atoms with van der Waals surface area (Å²) in [5.41, 5.74) is 0.254. The third-order valence-corrected chi connectivity index (χ3v) is 2.26. The molecule has 0 aliphatic carbocycles. The fourth-order valence-electron chi connectivity index (χ4n) is 1.24. The van der Waals surface area contributed by atoms with Crippen LogP contribution in [0.2, 0.25) is 5.02 Å². The molecule has 0 unspecified atom stereocenters. The lowest BCUT2D eigenvalue weighted by molar-refractivity contribution is -0.118. The Labute approximate surface area is 104 Å². The number of carbonyl (C=O) groups is 2. The average Bonchev–Trinajstić information content (AvgIpc) is 2.29. The van der Waals surface area contributed by atoms with Crippen LogP contribution < -0.4 is 4.90 Å². The van der Waals surface area contributed by atoms with Crippen LogP contribution in [-0.2, 0) is 4.79 Å². The summed E-state index contributed by atoms with van der Waals surface area (Å²) in [5, 5.41) is 9.45. The van der Waals surface area contributed by atoms with Crippen LogP contribution in [0.1, 0.15) is 12.8 Å². The van der Waals surface area contributed by atoms with Crippen molar-refractivity contribution in [1.82, 2.24) is 0 Å². The van der Waals surface area contributed by atoms with Gasteiger partial charge in [-0.3, -0.25) is 4.79 Å². The summed E-state index contributed by atoms with van der Waals surface area (Å²) in [5.74, 6) is 1.73. The average molecular weight is 252 g/mol. The largest absolute Gasteiger partial charge is 0.464 e. The Balaban J connectivity index is 2.94. The minimum Gasteiger partial charge on any atom is -0.464 e. The summed E-state index contributed by atoms with van der Waals surface area (Å²) in [7, 11) is 0. The number of imide groups is 1. The van der Waals surface area contributed by atoms with Crippen LogP contribution in [-0.4, -0.2) is 17.1 Å². The Morgan fingerprint density at radius 3 is 2.41 bits per heavy atom. The van der Waals surface area contributed by atoms with Gasteiger partial charge in [-0.2, -0.15) is 0 Å². The number of carbonyl (C=O) groups excluding carboxylic acids is 1. The van der Waals surface area contributed by atoms with E-state index in [9.17, 15) is 9.59 Å². The molecule has 0 saturated carbocycles. The normalized spacial score (nSPS) is 9.41. The van der Waals surface area contributed by atoms with Crippen molar-refractivity contribution >= 4 is 29.3 Å². The maximum atomic E-state index is 11.6. The molecular weight excluding hydrogens is 242 g/mol. The van der Waals surface area contributed by atoms with Gasteiger partial charge in [-0.25, -0.2) is 9.69 Å². The molecule has 1 N–H and O–H groups in total. The molecule has 1 aromatic rings. The van der Waals surface area contributed by atoms with E-state index >= 15 is 0 Å². The van der Waals surface area contributed by atoms with E-state index in [0.29, 0.717) is 9.92 Å². The second-order valence-electron chi connectivity index (χ2n) is 3.19. The van der Waals surface area contributed by atoms with E-state index in [-0.39, 0.29) is 18.5 Å². The quantitative estimate of drug-likeness (QED) is 0.841. The smallest absolute Gasteiger partial charge is 0.418 e. The summed E-state index contributed by atoms with van der Waals surface area (Å²) in [6, 6.07) is 5.96. The highest BCUT2D eigenvalue weighted by molar-refractivity contribution is 6.30. The number of hydrogen-bond donors (Lipinski definition) is 1. The molecule has 0 aliphatic heterocycles. The number of halogens is 1. The number of carboxylic acid groups (broad SMARTS) is 1. The zero-order valence-corrected chi connectivity index (χ0v) is 9.65. The molecular formula is C12H10ClNO3. The highest BCUT2D eigenvalue weighted by Crippen LogP contribution is 2.19. The molecule has 88 valence electrons. The highest BCUT2D eigenvalue weighted by Gasteiger charge is 2.21. The van der Waals surface area contributed by atoms with Crippen LogP contribution in [0.3, 0.4) is 0 Å². The molecule has 1 rings (SSSR count). The van der Waals surface area contributed by atoms with Gasteiger partial charge in [0.05, 0.1) is 5.69 Å². The van der Waals surface area contributed by atoms with Crippen molar-refractivity contribution in [3.05, 3.63) is 29.3 Å². The third-order valence-electron chi connectivity index (χ3n) is 2.01. The maximum absolute atomic E-state index is 11.6. The topological polar surface area (TPSA) is 57.6 Å². The second kappa shape index (κ2) is 5.92. The monoisotopic (exact) mass is 251 g/mol. The third kappa shape index (κ3) is 3.51. The number of benzene rings is 1. The van der Waals surface area contributed by atoms with Crippen molar-refractivity contribution in [3.8, 4) is 12.3 Å². The van der Waals surface area contributed by atoms with E-state index in [1.165, 1.54) is 24.3 Å². The first kappa shape index (κ1) is 13.1. The van der Waals surface area contributed by atoms with Crippen LogP contribution in [0.25, 0.3) is 0 Å². The Morgan fingerprint density at radius 1 is 1.35 bits per heavy atom. The first-order valence-electron chi connectivity index (χ1n) is 4.81. The van der Waals surface area contributed by atoms with Gasteiger partial charge in [0.2, 0.25) is 5.91 Å². The minimum atomic E-state index is -1.34. The molecule has 0 fully saturated rings. The number of rotatable bonds is 3. The molecule has 1 aromatic carbocycles. The summed E-state index contributed by atoms with van der Waals surface area (Å²) in [6.07, 6.45) is 3.88. The summed E-state index contributed by atoms with van der Waals surface area (Å²) in [6.45, 7) is 0. The fourth-order valence-corrected chi connectivity index (χ4v) is 1.37. The Bertz CT molecular complexity index is 462. The predicted molar refractivity (Wildman–Crippen MR) is 65.0 cm³/mol. The standard InChI is InChI=1S/C12H10ClNO3/c1-2-3-4-11(15)14(12(16)17)10-7-5-9(13)6-8-10/h1,5-8H,3-4H2,(H,16,17). The van der Waals surface area contributed by atoms with E-state index in [2.05, 4.69) is 5.92 Å². The number of nitrogens with zero attached hydrogens (tertiary/aromatic N) is 1. The van der Waals surface area contributed by atoms with E-state index in [1.54, 1.807) is 0 Å². The summed E-state index contributed by atoms with van der Waals surface area (Å²) >= 11 is 5.68. The van der Waals surface area contributed by atoms with Crippen LogP contribution in [0, 0.1) is 12.3 Å². The van der Waals surface area contributed by atoms with Crippen LogP contribution in [0.4, 0.5) is 10.5 Å². The van der Waals surface area contributed by atoms with Gasteiger partial charge in [0.25, 0.3) is 0 Å². The molecule has 0 saturated heterocycles. The molecule has 0 aliphatic rings. The van der Waals surface area contributed by atoms with Crippen molar-refractivity contribution in [2.75, 3.05) is 4.90 Å². The van der Waals surface area contributed by atoms with Gasteiger partial charge in [-0.1, -0.05) is 11.6 Å². The van der Waals surface area contributed by atoms with Gasteiger partial charge in [0.1, 0.15) is 0 Å². The molecule has 0 heterocycles. The first-order valence-corrected chi connectivity index (χ1v) is 5.19. The summed E-state index contributed by atoms with van der Waals surface area (Å²) in [4.78, 5) is 23.3. The van der Waals surface area contributed by atoms with Crippen LogP contribution in [0.5, 0.6) is 0 Å². The molecule has 5 heteroatoms. The van der Waals surface area contributed by atoms with Gasteiger partial charge in [0.15, 0.2) is 0 Å². The van der Waals surface area contributed by atoms with Crippen molar-refractivity contribution < 1.29 is 14.7 Å². The van der Waals surface area contributed by atoms with E-state index in [4.69, 9.17) is 23.1 Å². The lowest BCUT2D eigenvalue weighted by Crippen LogP contribution is -2.35. The Hall–Kier alpha value is -1.99. The molecule has 17 heavy (non-hydrogen) atoms. The van der Waals surface area contributed by atoms with Crippen molar-refractivity contribution in [2.24, 2.45) is 0 Å². The van der Waals surface area contributed by atoms with E-state index < -0.39 is 12.0 Å². The molecule has 0 radical (unpaired) electrons. The second-order valence-corrected chi connectivity index (χ2v) is 3.63. The fraction of sp³-hybridized carbons (Fsp3) is 0.167. The summed E-state index contributed by atoms with van der Waals surface area (Å²) < 4.78 is 0. The van der Waals surface area contributed by atoms with Crippen LogP contribution >= 0.6 is 11.6 Å². The van der Waals surface area contributed by atoms with Gasteiger partial charge >= 0.3 is 6.09 Å². The van der Waals surface area contributed by atoms with Gasteiger partial charge in [-0.05, 0) is 24.3 Å². The number of terminal acetylenes is 1. The lowest BCUT2D eigenvalue weighted by Gasteiger charge is -2.16. The van der Waals surface area contributed by atoms with Crippen LogP contribution in [0.15, 0.2) is 24.3 Å². The maximum Gasteiger partial charge on any atom is 0.418 e. The van der Waals surface area contributed by atoms with Crippen molar-refractivity contribution in [2.45, 2.75) is 12.8 Å². The first-order chi connectivity index (χ1) is 8.06. The molecule has 0 spiro atoms. The minimum absolute atomic E-state index is 0.00851. The SMILES string of the molecule is C#CCCC(=O)N(C(=O)O)c1ccc(Cl)cc1. The van der Waals surface area contributed by atoms with Gasteiger partial charge < -0.3 is 5.11 Å². The molecule has 0 atom stereocenters. The molecule has 2 amide bonds. The number of anilines is 1. The van der Waals surface area contributed by atoms with Gasteiger partial charge in [-0.15, -0.1) is 12.3 Å².